The van der Waals surface area contributed by atoms with E-state index in [0.29, 0.717) is 38.2 Å². The summed E-state index contributed by atoms with van der Waals surface area (Å²) in [6.07, 6.45) is 5.30. The van der Waals surface area contributed by atoms with Crippen LogP contribution in [0.25, 0.3) is 0 Å². The summed E-state index contributed by atoms with van der Waals surface area (Å²) in [6, 6.07) is 3.31. The van der Waals surface area contributed by atoms with E-state index >= 15 is 0 Å². The average Bonchev–Trinajstić information content (AvgIpc) is 3.06. The topological polar surface area (TPSA) is 72.0 Å². The van der Waals surface area contributed by atoms with Gasteiger partial charge < -0.3 is 14.4 Å². The highest BCUT2D eigenvalue weighted by molar-refractivity contribution is 6.21. The molecule has 30 heavy (non-hydrogen) atoms. The zero-order valence-electron chi connectivity index (χ0n) is 16.8. The number of pyridine rings is 1. The second kappa shape index (κ2) is 8.29. The van der Waals surface area contributed by atoms with E-state index in [1.165, 1.54) is 0 Å². The number of rotatable bonds is 4. The van der Waals surface area contributed by atoms with Crippen LogP contribution in [0.3, 0.4) is 0 Å². The number of aromatic nitrogens is 1. The number of halogens is 1. The normalized spacial score (nSPS) is 32.1. The molecule has 4 unspecified atom stereocenters. The summed E-state index contributed by atoms with van der Waals surface area (Å²) in [5, 5.41) is -0.0210. The summed E-state index contributed by atoms with van der Waals surface area (Å²) in [6.45, 7) is 4.37. The van der Waals surface area contributed by atoms with E-state index in [9.17, 15) is 9.59 Å². The Morgan fingerprint density at radius 1 is 1.17 bits per heavy atom. The highest BCUT2D eigenvalue weighted by Gasteiger charge is 2.52. The molecule has 0 spiro atoms. The number of fused-ring (bicyclic) bond motifs is 1. The van der Waals surface area contributed by atoms with Crippen molar-refractivity contribution in [3.05, 3.63) is 41.4 Å². The predicted octanol–water partition coefficient (Wildman–Crippen LogP) is 1.93. The molecular weight excluding hydrogens is 406 g/mol. The van der Waals surface area contributed by atoms with Crippen molar-refractivity contribution in [2.75, 3.05) is 39.4 Å². The number of Topliss-reactive ketones (excluding diaryl/α,β-unsaturated/α-hetero) is 1. The number of ether oxygens (including phenoxy) is 2. The lowest BCUT2D eigenvalue weighted by atomic mass is 9.77. The number of ketones is 1. The summed E-state index contributed by atoms with van der Waals surface area (Å²) < 4.78 is 11.6. The summed E-state index contributed by atoms with van der Waals surface area (Å²) in [4.78, 5) is 35.2. The largest absolute Gasteiger partial charge is 0.483 e. The van der Waals surface area contributed by atoms with Crippen LogP contribution < -0.4 is 0 Å². The minimum atomic E-state index is -0.452. The zero-order valence-corrected chi connectivity index (χ0v) is 17.6. The Bertz CT molecular complexity index is 855. The number of morpholine rings is 1. The maximum Gasteiger partial charge on any atom is 0.290 e. The second-order valence-corrected chi connectivity index (χ2v) is 9.04. The molecule has 1 saturated carbocycles. The van der Waals surface area contributed by atoms with Gasteiger partial charge in [0.05, 0.1) is 30.7 Å². The standard InChI is InChI=1S/C22H26ClN3O4/c23-15-3-4-17-16(12-15)20(27)18-19(14-2-1-5-24-13-14)26(22(28)21(18)30-17)7-6-25-8-10-29-11-9-25/h1-2,5,13,15-17,19H,3-4,6-12H2. The molecule has 8 heteroatoms. The first-order chi connectivity index (χ1) is 14.6. The van der Waals surface area contributed by atoms with Crippen LogP contribution >= 0.6 is 11.6 Å². The maximum atomic E-state index is 13.5. The van der Waals surface area contributed by atoms with Crippen molar-refractivity contribution in [2.45, 2.75) is 36.8 Å². The first-order valence-corrected chi connectivity index (χ1v) is 11.2. The van der Waals surface area contributed by atoms with Gasteiger partial charge in [0.15, 0.2) is 11.5 Å². The first-order valence-electron chi connectivity index (χ1n) is 10.7. The molecule has 0 N–H and O–H groups in total. The second-order valence-electron chi connectivity index (χ2n) is 8.42. The highest BCUT2D eigenvalue weighted by Crippen LogP contribution is 2.47. The molecule has 4 atom stereocenters. The predicted molar refractivity (Wildman–Crippen MR) is 110 cm³/mol. The Hall–Kier alpha value is -1.96. The van der Waals surface area contributed by atoms with E-state index in [-0.39, 0.29) is 34.8 Å². The molecule has 1 aromatic rings. The smallest absolute Gasteiger partial charge is 0.290 e. The van der Waals surface area contributed by atoms with Gasteiger partial charge in [0.25, 0.3) is 5.91 Å². The Balaban J connectivity index is 1.46. The summed E-state index contributed by atoms with van der Waals surface area (Å²) in [5.41, 5.74) is 1.33. The van der Waals surface area contributed by atoms with Crippen molar-refractivity contribution in [3.63, 3.8) is 0 Å². The van der Waals surface area contributed by atoms with Crippen LogP contribution in [0, 0.1) is 5.92 Å². The van der Waals surface area contributed by atoms with Crippen LogP contribution in [0.2, 0.25) is 0 Å². The van der Waals surface area contributed by atoms with E-state index in [1.54, 1.807) is 17.3 Å². The van der Waals surface area contributed by atoms with Crippen LogP contribution in [-0.2, 0) is 19.1 Å². The quantitative estimate of drug-likeness (QED) is 0.678. The van der Waals surface area contributed by atoms with Gasteiger partial charge in [-0.1, -0.05) is 6.07 Å². The lowest BCUT2D eigenvalue weighted by Gasteiger charge is -2.37. The molecular formula is C22H26ClN3O4. The number of nitrogens with zero attached hydrogens (tertiary/aromatic N) is 3. The molecule has 1 aromatic heterocycles. The van der Waals surface area contributed by atoms with Crippen molar-refractivity contribution in [1.82, 2.24) is 14.8 Å². The molecule has 4 aliphatic rings. The number of hydrogen-bond donors (Lipinski definition) is 0. The molecule has 4 heterocycles. The third kappa shape index (κ3) is 3.53. The average molecular weight is 432 g/mol. The Kier molecular flexibility index (Phi) is 5.52. The molecule has 0 radical (unpaired) electrons. The summed E-state index contributed by atoms with van der Waals surface area (Å²) >= 11 is 6.36. The molecule has 1 aliphatic carbocycles. The van der Waals surface area contributed by atoms with Gasteiger partial charge in [-0.05, 0) is 30.9 Å². The number of hydrogen-bond acceptors (Lipinski definition) is 6. The highest BCUT2D eigenvalue weighted by atomic mass is 35.5. The van der Waals surface area contributed by atoms with Gasteiger partial charge in [-0.2, -0.15) is 0 Å². The van der Waals surface area contributed by atoms with E-state index in [0.717, 1.165) is 31.6 Å². The Morgan fingerprint density at radius 3 is 2.77 bits per heavy atom. The van der Waals surface area contributed by atoms with Crippen LogP contribution in [0.15, 0.2) is 35.9 Å². The first kappa shape index (κ1) is 20.0. The summed E-state index contributed by atoms with van der Waals surface area (Å²) in [5.74, 6) is -0.203. The molecule has 0 bridgehead atoms. The molecule has 160 valence electrons. The third-order valence-corrected chi connectivity index (χ3v) is 7.04. The molecule has 0 aromatic carbocycles. The SMILES string of the molecule is O=C1C2=C(OC3CCC(Cl)CC13)C(=O)N(CCN1CCOCC1)C2c1cccnc1. The van der Waals surface area contributed by atoms with Gasteiger partial charge in [0.1, 0.15) is 6.10 Å². The van der Waals surface area contributed by atoms with Crippen LogP contribution in [-0.4, -0.2) is 77.3 Å². The van der Waals surface area contributed by atoms with Gasteiger partial charge in [-0.15, -0.1) is 11.6 Å². The van der Waals surface area contributed by atoms with Gasteiger partial charge in [0.2, 0.25) is 0 Å². The Labute approximate surface area is 181 Å². The van der Waals surface area contributed by atoms with E-state index in [4.69, 9.17) is 21.1 Å². The van der Waals surface area contributed by atoms with E-state index in [1.807, 2.05) is 12.1 Å². The van der Waals surface area contributed by atoms with Crippen LogP contribution in [0.1, 0.15) is 30.9 Å². The molecule has 7 nitrogen and oxygen atoms in total. The van der Waals surface area contributed by atoms with Crippen molar-refractivity contribution in [3.8, 4) is 0 Å². The minimum Gasteiger partial charge on any atom is -0.483 e. The molecule has 2 fully saturated rings. The number of carbonyl (C=O) groups excluding carboxylic acids is 2. The fourth-order valence-electron chi connectivity index (χ4n) is 5.05. The monoisotopic (exact) mass is 431 g/mol. The van der Waals surface area contributed by atoms with Crippen molar-refractivity contribution < 1.29 is 19.1 Å². The molecule has 5 rings (SSSR count). The van der Waals surface area contributed by atoms with Crippen molar-refractivity contribution in [2.24, 2.45) is 5.92 Å². The third-order valence-electron chi connectivity index (χ3n) is 6.64. The summed E-state index contributed by atoms with van der Waals surface area (Å²) in [7, 11) is 0. The molecule has 1 saturated heterocycles. The van der Waals surface area contributed by atoms with Gasteiger partial charge in [0, 0.05) is 43.9 Å². The van der Waals surface area contributed by atoms with Crippen molar-refractivity contribution >= 4 is 23.3 Å². The van der Waals surface area contributed by atoms with Crippen LogP contribution in [0.4, 0.5) is 0 Å². The van der Waals surface area contributed by atoms with Crippen LogP contribution in [0.5, 0.6) is 0 Å². The van der Waals surface area contributed by atoms with Crippen molar-refractivity contribution in [1.29, 1.82) is 0 Å². The number of alkyl halides is 1. The van der Waals surface area contributed by atoms with E-state index < -0.39 is 6.04 Å². The van der Waals surface area contributed by atoms with Gasteiger partial charge >= 0.3 is 0 Å². The fraction of sp³-hybridized carbons (Fsp3) is 0.591. The molecule has 1 amide bonds. The zero-order chi connectivity index (χ0) is 20.7. The number of carbonyl (C=O) groups is 2. The fourth-order valence-corrected chi connectivity index (χ4v) is 5.37. The minimum absolute atomic E-state index is 0.0164. The molecule has 3 aliphatic heterocycles. The maximum absolute atomic E-state index is 13.5. The number of amides is 1. The van der Waals surface area contributed by atoms with Gasteiger partial charge in [-0.3, -0.25) is 19.5 Å². The van der Waals surface area contributed by atoms with Gasteiger partial charge in [-0.25, -0.2) is 0 Å². The Morgan fingerprint density at radius 2 is 2.00 bits per heavy atom. The van der Waals surface area contributed by atoms with E-state index in [2.05, 4.69) is 9.88 Å². The lowest BCUT2D eigenvalue weighted by molar-refractivity contribution is -0.135. The lowest BCUT2D eigenvalue weighted by Crippen LogP contribution is -2.43.